The fourth-order valence-electron chi connectivity index (χ4n) is 2.66. The number of amides is 1. The zero-order chi connectivity index (χ0) is 18.0. The van der Waals surface area contributed by atoms with E-state index in [2.05, 4.69) is 15.0 Å². The van der Waals surface area contributed by atoms with E-state index in [0.29, 0.717) is 17.1 Å². The third-order valence-corrected chi connectivity index (χ3v) is 4.10. The van der Waals surface area contributed by atoms with E-state index < -0.39 is 11.5 Å². The maximum Gasteiger partial charge on any atom is 0.323 e. The first-order valence-corrected chi connectivity index (χ1v) is 7.97. The van der Waals surface area contributed by atoms with Gasteiger partial charge in [0.1, 0.15) is 12.4 Å². The molecule has 2 aromatic heterocycles. The molecule has 8 heteroatoms. The zero-order valence-electron chi connectivity index (χ0n) is 13.7. The number of hydrogen-bond acceptors (Lipinski definition) is 5. The summed E-state index contributed by atoms with van der Waals surface area (Å²) in [6, 6.07) is 3.48. The summed E-state index contributed by atoms with van der Waals surface area (Å²) >= 11 is 0. The molecule has 1 aliphatic rings. The van der Waals surface area contributed by atoms with Crippen molar-refractivity contribution in [2.75, 3.05) is 6.54 Å². The van der Waals surface area contributed by atoms with Gasteiger partial charge in [0.2, 0.25) is 5.91 Å². The maximum absolute atomic E-state index is 12.5. The van der Waals surface area contributed by atoms with E-state index >= 15 is 0 Å². The van der Waals surface area contributed by atoms with E-state index in [4.69, 9.17) is 5.11 Å². The number of aliphatic carboxylic acids is 1. The van der Waals surface area contributed by atoms with E-state index in [9.17, 15) is 14.4 Å². The minimum atomic E-state index is -1.06. The molecule has 1 amide bonds. The number of carbonyl (C=O) groups is 2. The number of aryl methyl sites for hydroxylation is 1. The van der Waals surface area contributed by atoms with Crippen molar-refractivity contribution >= 4 is 11.9 Å². The predicted molar refractivity (Wildman–Crippen MR) is 88.9 cm³/mol. The van der Waals surface area contributed by atoms with Gasteiger partial charge in [-0.3, -0.25) is 19.4 Å². The molecule has 0 spiro atoms. The number of nitrogens with zero attached hydrogens (tertiary/aromatic N) is 3. The zero-order valence-corrected chi connectivity index (χ0v) is 13.7. The molecule has 130 valence electrons. The van der Waals surface area contributed by atoms with Gasteiger partial charge in [-0.05, 0) is 31.9 Å². The van der Waals surface area contributed by atoms with Crippen LogP contribution in [0.3, 0.4) is 0 Å². The standard InChI is InChI=1S/C17H18N4O4/c1-10-13(7-14(22)21(9-15(23)24)12-4-5-12)17(25)20-16(19-10)11-3-2-6-18-8-11/h2-3,6,8,12H,4-5,7,9H2,1H3,(H,23,24)(H,19,20,25). The van der Waals surface area contributed by atoms with E-state index in [-0.39, 0.29) is 30.5 Å². The summed E-state index contributed by atoms with van der Waals surface area (Å²) in [6.07, 6.45) is 4.64. The van der Waals surface area contributed by atoms with Crippen molar-refractivity contribution in [3.8, 4) is 11.4 Å². The lowest BCUT2D eigenvalue weighted by Crippen LogP contribution is -2.39. The van der Waals surface area contributed by atoms with Gasteiger partial charge in [-0.15, -0.1) is 0 Å². The van der Waals surface area contributed by atoms with E-state index in [1.807, 2.05) is 0 Å². The van der Waals surface area contributed by atoms with Crippen molar-refractivity contribution < 1.29 is 14.7 Å². The molecule has 0 saturated heterocycles. The molecule has 2 N–H and O–H groups in total. The van der Waals surface area contributed by atoms with Crippen LogP contribution in [0.15, 0.2) is 29.3 Å². The van der Waals surface area contributed by atoms with Crippen LogP contribution in [0.1, 0.15) is 24.1 Å². The first-order valence-electron chi connectivity index (χ1n) is 7.97. The molecular weight excluding hydrogens is 324 g/mol. The van der Waals surface area contributed by atoms with Gasteiger partial charge in [-0.1, -0.05) is 0 Å². The number of aromatic amines is 1. The van der Waals surface area contributed by atoms with Crippen LogP contribution >= 0.6 is 0 Å². The molecule has 2 aromatic rings. The molecule has 0 bridgehead atoms. The Kier molecular flexibility index (Phi) is 4.60. The van der Waals surface area contributed by atoms with E-state index in [1.165, 1.54) is 4.90 Å². The monoisotopic (exact) mass is 342 g/mol. The lowest BCUT2D eigenvalue weighted by Gasteiger charge is -2.20. The molecule has 0 aromatic carbocycles. The summed E-state index contributed by atoms with van der Waals surface area (Å²) in [5.41, 5.74) is 0.979. The van der Waals surface area contributed by atoms with Crippen LogP contribution in [0.5, 0.6) is 0 Å². The van der Waals surface area contributed by atoms with Gasteiger partial charge in [0.05, 0.1) is 6.42 Å². The number of rotatable bonds is 6. The molecule has 1 saturated carbocycles. The van der Waals surface area contributed by atoms with Gasteiger partial charge in [0.15, 0.2) is 0 Å². The molecule has 25 heavy (non-hydrogen) atoms. The molecule has 1 fully saturated rings. The topological polar surface area (TPSA) is 116 Å². The number of carbonyl (C=O) groups excluding carboxylic acids is 1. The fourth-order valence-corrected chi connectivity index (χ4v) is 2.66. The Morgan fingerprint density at radius 1 is 1.40 bits per heavy atom. The van der Waals surface area contributed by atoms with Crippen molar-refractivity contribution in [1.82, 2.24) is 19.9 Å². The number of H-pyrrole nitrogens is 1. The Morgan fingerprint density at radius 3 is 2.72 bits per heavy atom. The van der Waals surface area contributed by atoms with Crippen LogP contribution in [0.2, 0.25) is 0 Å². The molecule has 2 heterocycles. The Morgan fingerprint density at radius 2 is 2.16 bits per heavy atom. The SMILES string of the molecule is Cc1nc(-c2cccnc2)[nH]c(=O)c1CC(=O)N(CC(=O)O)C1CC1. The normalized spacial score (nSPS) is 13.5. The van der Waals surface area contributed by atoms with Gasteiger partial charge in [-0.2, -0.15) is 0 Å². The summed E-state index contributed by atoms with van der Waals surface area (Å²) in [5, 5.41) is 8.97. The van der Waals surface area contributed by atoms with Crippen LogP contribution in [-0.4, -0.2) is 49.4 Å². The first kappa shape index (κ1) is 16.8. The minimum Gasteiger partial charge on any atom is -0.480 e. The van der Waals surface area contributed by atoms with Crippen LogP contribution in [0.25, 0.3) is 11.4 Å². The molecule has 3 rings (SSSR count). The number of carboxylic acids is 1. The van der Waals surface area contributed by atoms with Gasteiger partial charge >= 0.3 is 5.97 Å². The van der Waals surface area contributed by atoms with E-state index in [0.717, 1.165) is 12.8 Å². The highest BCUT2D eigenvalue weighted by atomic mass is 16.4. The minimum absolute atomic E-state index is 0.0365. The summed E-state index contributed by atoms with van der Waals surface area (Å²) in [6.45, 7) is 1.32. The summed E-state index contributed by atoms with van der Waals surface area (Å²) in [4.78, 5) is 48.2. The number of hydrogen-bond donors (Lipinski definition) is 2. The van der Waals surface area contributed by atoms with Crippen LogP contribution in [0, 0.1) is 6.92 Å². The van der Waals surface area contributed by atoms with Crippen LogP contribution in [0.4, 0.5) is 0 Å². The second-order valence-corrected chi connectivity index (χ2v) is 6.04. The third-order valence-electron chi connectivity index (χ3n) is 4.10. The largest absolute Gasteiger partial charge is 0.480 e. The van der Waals surface area contributed by atoms with Gasteiger partial charge in [0, 0.05) is 35.3 Å². The highest BCUT2D eigenvalue weighted by Gasteiger charge is 2.34. The second kappa shape index (κ2) is 6.84. The van der Waals surface area contributed by atoms with Crippen molar-refractivity contribution in [1.29, 1.82) is 0 Å². The maximum atomic E-state index is 12.5. The van der Waals surface area contributed by atoms with Gasteiger partial charge in [0.25, 0.3) is 5.56 Å². The molecular formula is C17H18N4O4. The number of nitrogens with one attached hydrogen (secondary N) is 1. The average Bonchev–Trinajstić information content (AvgIpc) is 3.41. The van der Waals surface area contributed by atoms with Crippen molar-refractivity contribution in [2.45, 2.75) is 32.2 Å². The highest BCUT2D eigenvalue weighted by Crippen LogP contribution is 2.27. The molecule has 0 radical (unpaired) electrons. The summed E-state index contributed by atoms with van der Waals surface area (Å²) in [5.74, 6) is -1.04. The molecule has 0 atom stereocenters. The quantitative estimate of drug-likeness (QED) is 0.800. The Labute approximate surface area is 143 Å². The smallest absolute Gasteiger partial charge is 0.323 e. The van der Waals surface area contributed by atoms with Crippen LogP contribution in [-0.2, 0) is 16.0 Å². The predicted octanol–water partition coefficient (Wildman–Crippen LogP) is 0.758. The summed E-state index contributed by atoms with van der Waals surface area (Å²) in [7, 11) is 0. The van der Waals surface area contributed by atoms with Gasteiger partial charge in [-0.25, -0.2) is 4.98 Å². The molecule has 1 aliphatic carbocycles. The van der Waals surface area contributed by atoms with Crippen LogP contribution < -0.4 is 5.56 Å². The number of aromatic nitrogens is 3. The van der Waals surface area contributed by atoms with Crippen molar-refractivity contribution in [3.63, 3.8) is 0 Å². The average molecular weight is 342 g/mol. The lowest BCUT2D eigenvalue weighted by atomic mass is 10.1. The fraction of sp³-hybridized carbons (Fsp3) is 0.353. The molecule has 0 unspecified atom stereocenters. The number of carboxylic acid groups (broad SMARTS) is 1. The van der Waals surface area contributed by atoms with Gasteiger partial charge < -0.3 is 15.0 Å². The Balaban J connectivity index is 1.84. The van der Waals surface area contributed by atoms with Crippen molar-refractivity contribution in [2.24, 2.45) is 0 Å². The Hall–Kier alpha value is -3.03. The highest BCUT2D eigenvalue weighted by molar-refractivity contribution is 5.83. The Bertz CT molecular complexity index is 859. The van der Waals surface area contributed by atoms with Crippen molar-refractivity contribution in [3.05, 3.63) is 46.1 Å². The third kappa shape index (κ3) is 3.90. The molecule has 0 aliphatic heterocycles. The first-order chi connectivity index (χ1) is 12.0. The summed E-state index contributed by atoms with van der Waals surface area (Å²) < 4.78 is 0. The lowest BCUT2D eigenvalue weighted by molar-refractivity contribution is -0.144. The molecule has 8 nitrogen and oxygen atoms in total. The van der Waals surface area contributed by atoms with E-state index in [1.54, 1.807) is 31.5 Å². The number of pyridine rings is 1. The second-order valence-electron chi connectivity index (χ2n) is 6.04.